The van der Waals surface area contributed by atoms with Crippen LogP contribution in [0.3, 0.4) is 0 Å². The van der Waals surface area contributed by atoms with Crippen molar-refractivity contribution in [2.75, 3.05) is 0 Å². The van der Waals surface area contributed by atoms with Gasteiger partial charge in [-0.05, 0) is 58.4 Å². The predicted molar refractivity (Wildman–Crippen MR) is 177 cm³/mol. The first kappa shape index (κ1) is 26.2. The molecule has 0 N–H and O–H groups in total. The van der Waals surface area contributed by atoms with Crippen LogP contribution in [0, 0.1) is 0 Å². The lowest BCUT2D eigenvalue weighted by Gasteiger charge is -2.10. The van der Waals surface area contributed by atoms with Crippen LogP contribution in [0.2, 0.25) is 0 Å². The van der Waals surface area contributed by atoms with E-state index >= 15 is 0 Å². The molecule has 7 rings (SSSR count). The Morgan fingerprint density at radius 1 is 0.605 bits per heavy atom. The van der Waals surface area contributed by atoms with Gasteiger partial charge in [-0.15, -0.1) is 0 Å². The first-order chi connectivity index (χ1) is 21.2. The third kappa shape index (κ3) is 5.24. The van der Waals surface area contributed by atoms with Crippen LogP contribution in [0.5, 0.6) is 0 Å². The van der Waals surface area contributed by atoms with Gasteiger partial charge in [-0.3, -0.25) is 0 Å². The fourth-order valence-electron chi connectivity index (χ4n) is 5.36. The zero-order valence-corrected chi connectivity index (χ0v) is 23.7. The molecule has 1 aliphatic carbocycles. The Morgan fingerprint density at radius 2 is 1.21 bits per heavy atom. The van der Waals surface area contributed by atoms with E-state index < -0.39 is 0 Å². The zero-order chi connectivity index (χ0) is 29.2. The molecule has 3 aromatic heterocycles. The first-order valence-electron chi connectivity index (χ1n) is 14.4. The number of aromatic nitrogens is 5. The molecule has 0 fully saturated rings. The fraction of sp³-hybridized carbons (Fsp3) is 0.0526. The van der Waals surface area contributed by atoms with Gasteiger partial charge in [0.15, 0.2) is 17.5 Å². The van der Waals surface area contributed by atoms with Crippen molar-refractivity contribution in [3.8, 4) is 45.4 Å². The maximum Gasteiger partial charge on any atom is 0.184 e. The molecule has 0 radical (unpaired) electrons. The van der Waals surface area contributed by atoms with E-state index in [1.807, 2.05) is 47.1 Å². The average molecular weight is 556 g/mol. The molecule has 0 atom stereocenters. The molecule has 206 valence electrons. The van der Waals surface area contributed by atoms with Gasteiger partial charge in [0.1, 0.15) is 5.69 Å². The van der Waals surface area contributed by atoms with Gasteiger partial charge in [0.2, 0.25) is 0 Å². The molecule has 0 saturated heterocycles. The molecular formula is C38H29N5. The highest BCUT2D eigenvalue weighted by molar-refractivity contribution is 5.77. The van der Waals surface area contributed by atoms with Crippen LogP contribution in [-0.4, -0.2) is 24.6 Å². The monoisotopic (exact) mass is 555 g/mol. The summed E-state index contributed by atoms with van der Waals surface area (Å²) in [5.74, 6) is 1.71. The maximum atomic E-state index is 4.94. The molecule has 43 heavy (non-hydrogen) atoms. The van der Waals surface area contributed by atoms with Gasteiger partial charge >= 0.3 is 0 Å². The molecule has 5 heteroatoms. The van der Waals surface area contributed by atoms with Crippen LogP contribution in [0.25, 0.3) is 68.7 Å². The van der Waals surface area contributed by atoms with Crippen molar-refractivity contribution in [2.24, 2.45) is 0 Å². The summed E-state index contributed by atoms with van der Waals surface area (Å²) in [6.07, 6.45) is 14.4. The smallest absolute Gasteiger partial charge is 0.184 e. The van der Waals surface area contributed by atoms with Gasteiger partial charge in [0.05, 0.1) is 5.52 Å². The van der Waals surface area contributed by atoms with E-state index in [2.05, 4.69) is 92.0 Å². The molecule has 0 spiro atoms. The Hall–Kier alpha value is -5.68. The minimum Gasteiger partial charge on any atom is -0.240 e. The van der Waals surface area contributed by atoms with E-state index in [-0.39, 0.29) is 0 Å². The largest absolute Gasteiger partial charge is 0.240 e. The summed E-state index contributed by atoms with van der Waals surface area (Å²) in [7, 11) is 0. The van der Waals surface area contributed by atoms with Crippen molar-refractivity contribution in [3.05, 3.63) is 145 Å². The minimum absolute atomic E-state index is 0.512. The number of hydrogen-bond acceptors (Lipinski definition) is 4. The molecule has 0 unspecified atom stereocenters. The third-order valence-electron chi connectivity index (χ3n) is 7.69. The van der Waals surface area contributed by atoms with Crippen molar-refractivity contribution in [1.29, 1.82) is 0 Å². The fourth-order valence-corrected chi connectivity index (χ4v) is 5.36. The molecule has 5 nitrogen and oxygen atoms in total. The molecule has 3 aromatic carbocycles. The zero-order valence-electron chi connectivity index (χ0n) is 23.7. The van der Waals surface area contributed by atoms with Crippen molar-refractivity contribution >= 4 is 23.2 Å². The third-order valence-corrected chi connectivity index (χ3v) is 7.69. The Morgan fingerprint density at radius 3 is 1.84 bits per heavy atom. The summed E-state index contributed by atoms with van der Waals surface area (Å²) < 4.78 is 1.83. The van der Waals surface area contributed by atoms with E-state index in [4.69, 9.17) is 20.1 Å². The highest BCUT2D eigenvalue weighted by Gasteiger charge is 2.16. The highest BCUT2D eigenvalue weighted by Crippen LogP contribution is 2.29. The Kier molecular flexibility index (Phi) is 6.89. The maximum absolute atomic E-state index is 4.94. The molecule has 1 aliphatic rings. The first-order valence-corrected chi connectivity index (χ1v) is 14.4. The molecule has 0 saturated carbocycles. The topological polar surface area (TPSA) is 56.0 Å². The van der Waals surface area contributed by atoms with Crippen LogP contribution in [-0.2, 0) is 0 Å². The number of fused-ring (bicyclic) bond motifs is 1. The summed E-state index contributed by atoms with van der Waals surface area (Å²) in [5, 5.41) is 4.83. The van der Waals surface area contributed by atoms with Crippen LogP contribution in [0.4, 0.5) is 0 Å². The number of hydrogen-bond donors (Lipinski definition) is 0. The second-order valence-electron chi connectivity index (χ2n) is 10.5. The van der Waals surface area contributed by atoms with Gasteiger partial charge < -0.3 is 0 Å². The molecular weight excluding hydrogens is 526 g/mol. The van der Waals surface area contributed by atoms with Gasteiger partial charge in [-0.25, -0.2) is 19.5 Å². The lowest BCUT2D eigenvalue weighted by atomic mass is 9.98. The van der Waals surface area contributed by atoms with Crippen LogP contribution in [0.15, 0.2) is 129 Å². The lowest BCUT2D eigenvalue weighted by Crippen LogP contribution is -2.01. The van der Waals surface area contributed by atoms with E-state index in [9.17, 15) is 0 Å². The molecule has 0 aliphatic heterocycles. The minimum atomic E-state index is 0.512. The molecule has 0 amide bonds. The summed E-state index contributed by atoms with van der Waals surface area (Å²) in [4.78, 5) is 14.8. The SMILES string of the molecule is C=Cc1cc2cc(-c3nc(-c4ccc(C5=CCCC=C5)cc4)nc(-c4ccc(-c5ccccc5)cc4)n3)nn2cc1C=C. The summed E-state index contributed by atoms with van der Waals surface area (Å²) >= 11 is 0. The van der Waals surface area contributed by atoms with Crippen molar-refractivity contribution in [3.63, 3.8) is 0 Å². The highest BCUT2D eigenvalue weighted by atomic mass is 15.2. The quantitative estimate of drug-likeness (QED) is 0.197. The number of allylic oxidation sites excluding steroid dienone is 4. The standard InChI is InChI=1S/C38H29N5/c1-3-26-23-34-24-35(42-43(34)25-27(26)4-2)38-40-36(32-19-15-30(16-20-32)28-11-7-5-8-12-28)39-37(41-38)33-21-17-31(18-22-33)29-13-9-6-10-14-29/h3-5,7-9,11-25H,1-2,6,10H2. The normalized spacial score (nSPS) is 12.7. The van der Waals surface area contributed by atoms with Crippen LogP contribution >= 0.6 is 0 Å². The summed E-state index contributed by atoms with van der Waals surface area (Å²) in [6, 6.07) is 31.1. The Balaban J connectivity index is 1.33. The van der Waals surface area contributed by atoms with Gasteiger partial charge in [-0.1, -0.05) is 122 Å². The number of rotatable bonds is 7. The molecule has 0 bridgehead atoms. The second kappa shape index (κ2) is 11.3. The molecule has 6 aromatic rings. The molecule has 3 heterocycles. The predicted octanol–water partition coefficient (Wildman–Crippen LogP) is 9.21. The Labute approximate surface area is 251 Å². The van der Waals surface area contributed by atoms with Gasteiger partial charge in [-0.2, -0.15) is 5.10 Å². The van der Waals surface area contributed by atoms with Crippen molar-refractivity contribution in [1.82, 2.24) is 24.6 Å². The summed E-state index contributed by atoms with van der Waals surface area (Å²) in [5.41, 5.74) is 10.1. The Bertz CT molecular complexity index is 1980. The number of nitrogens with zero attached hydrogens (tertiary/aromatic N) is 5. The van der Waals surface area contributed by atoms with Crippen LogP contribution < -0.4 is 0 Å². The van der Waals surface area contributed by atoms with Gasteiger partial charge in [0, 0.05) is 17.3 Å². The van der Waals surface area contributed by atoms with E-state index in [0.29, 0.717) is 23.2 Å². The second-order valence-corrected chi connectivity index (χ2v) is 10.5. The van der Waals surface area contributed by atoms with E-state index in [1.165, 1.54) is 11.1 Å². The number of benzene rings is 3. The van der Waals surface area contributed by atoms with E-state index in [0.717, 1.165) is 51.7 Å². The van der Waals surface area contributed by atoms with Crippen molar-refractivity contribution in [2.45, 2.75) is 12.8 Å². The lowest BCUT2D eigenvalue weighted by molar-refractivity contribution is 0.948. The average Bonchev–Trinajstić information content (AvgIpc) is 3.51. The van der Waals surface area contributed by atoms with E-state index in [1.54, 1.807) is 6.08 Å². The summed E-state index contributed by atoms with van der Waals surface area (Å²) in [6.45, 7) is 7.88. The number of pyridine rings is 1. The van der Waals surface area contributed by atoms with Crippen LogP contribution in [0.1, 0.15) is 29.5 Å². The van der Waals surface area contributed by atoms with Gasteiger partial charge in [0.25, 0.3) is 0 Å². The van der Waals surface area contributed by atoms with Crippen molar-refractivity contribution < 1.29 is 0 Å².